The van der Waals surface area contributed by atoms with Crippen molar-refractivity contribution in [2.45, 2.75) is 25.7 Å². The van der Waals surface area contributed by atoms with Crippen LogP contribution in [-0.4, -0.2) is 58.2 Å². The first-order valence-corrected chi connectivity index (χ1v) is 10.4. The molecule has 0 N–H and O–H groups in total. The number of hydrogen-bond acceptors (Lipinski definition) is 7. The second-order valence-electron chi connectivity index (χ2n) is 7.72. The van der Waals surface area contributed by atoms with Crippen LogP contribution in [0.5, 0.6) is 17.2 Å². The molecule has 1 amide bonds. The van der Waals surface area contributed by atoms with Gasteiger partial charge in [0.2, 0.25) is 5.75 Å². The van der Waals surface area contributed by atoms with Gasteiger partial charge in [-0.3, -0.25) is 4.79 Å². The number of fused-ring (bicyclic) bond motifs is 3. The Morgan fingerprint density at radius 2 is 1.73 bits per heavy atom. The molecule has 0 heterocycles. The second kappa shape index (κ2) is 9.85. The molecule has 1 aliphatic carbocycles. The van der Waals surface area contributed by atoms with Crippen LogP contribution in [0.1, 0.15) is 40.7 Å². The molecule has 0 aliphatic heterocycles. The van der Waals surface area contributed by atoms with Gasteiger partial charge >= 0.3 is 11.9 Å². The Morgan fingerprint density at radius 3 is 2.30 bits per heavy atom. The van der Waals surface area contributed by atoms with Gasteiger partial charge in [-0.2, -0.15) is 4.58 Å². The summed E-state index contributed by atoms with van der Waals surface area (Å²) in [7, 11) is 7.52. The Labute approximate surface area is 192 Å². The molecule has 0 saturated heterocycles. The lowest BCUT2D eigenvalue weighted by Gasteiger charge is -2.19. The van der Waals surface area contributed by atoms with Crippen molar-refractivity contribution >= 4 is 18.1 Å². The highest BCUT2D eigenvalue weighted by atomic mass is 16.5. The van der Waals surface area contributed by atoms with E-state index in [0.29, 0.717) is 41.2 Å². The van der Waals surface area contributed by atoms with E-state index in [2.05, 4.69) is 0 Å². The van der Waals surface area contributed by atoms with Gasteiger partial charge in [0.1, 0.15) is 12.6 Å². The number of rotatable bonds is 5. The van der Waals surface area contributed by atoms with Gasteiger partial charge in [0.15, 0.2) is 23.1 Å². The number of nitrogens with zero attached hydrogens (tertiary/aromatic N) is 1. The van der Waals surface area contributed by atoms with E-state index < -0.39 is 11.4 Å². The molecule has 0 spiro atoms. The molecule has 33 heavy (non-hydrogen) atoms. The predicted octanol–water partition coefficient (Wildman–Crippen LogP) is 2.82. The Balaban J connectivity index is 2.45. The Hall–Kier alpha value is -3.68. The molecular formula is C25H28NO7+. The third-order valence-corrected chi connectivity index (χ3v) is 5.89. The monoisotopic (exact) mass is 454 g/mol. The zero-order valence-electron chi connectivity index (χ0n) is 19.7. The zero-order chi connectivity index (χ0) is 24.3. The average molecular weight is 454 g/mol. The summed E-state index contributed by atoms with van der Waals surface area (Å²) in [5, 5.41) is 0. The Kier molecular flexibility index (Phi) is 7.16. The number of hydrogen-bond donors (Lipinski definition) is 0. The molecule has 2 aromatic carbocycles. The van der Waals surface area contributed by atoms with Crippen molar-refractivity contribution in [3.05, 3.63) is 51.2 Å². The molecule has 0 fully saturated rings. The lowest BCUT2D eigenvalue weighted by Crippen LogP contribution is -2.19. The van der Waals surface area contributed by atoms with Gasteiger partial charge in [-0.1, -0.05) is 6.07 Å². The maximum absolute atomic E-state index is 13.0. The van der Waals surface area contributed by atoms with Crippen molar-refractivity contribution in [3.8, 4) is 28.4 Å². The van der Waals surface area contributed by atoms with Crippen LogP contribution in [0.4, 0.5) is 0 Å². The van der Waals surface area contributed by atoms with Gasteiger partial charge < -0.3 is 18.9 Å². The maximum atomic E-state index is 13.0. The van der Waals surface area contributed by atoms with Gasteiger partial charge in [-0.15, -0.1) is 0 Å². The van der Waals surface area contributed by atoms with Crippen LogP contribution in [0, 0.1) is 0 Å². The third-order valence-electron chi connectivity index (χ3n) is 5.89. The van der Waals surface area contributed by atoms with Gasteiger partial charge in [0, 0.05) is 5.56 Å². The molecule has 1 unspecified atom stereocenters. The molecular weight excluding hydrogens is 426 g/mol. The van der Waals surface area contributed by atoms with Crippen molar-refractivity contribution in [2.24, 2.45) is 0 Å². The fourth-order valence-electron chi connectivity index (χ4n) is 4.15. The lowest BCUT2D eigenvalue weighted by atomic mass is 9.93. The van der Waals surface area contributed by atoms with E-state index in [1.165, 1.54) is 45.0 Å². The molecule has 0 saturated carbocycles. The quantitative estimate of drug-likeness (QED) is 0.390. The molecule has 8 heteroatoms. The first-order valence-electron chi connectivity index (χ1n) is 10.4. The molecule has 0 radical (unpaired) electrons. The van der Waals surface area contributed by atoms with Crippen LogP contribution < -0.4 is 19.6 Å². The summed E-state index contributed by atoms with van der Waals surface area (Å²) in [5.41, 5.74) is 2.52. The van der Waals surface area contributed by atoms with Crippen molar-refractivity contribution in [1.29, 1.82) is 0 Å². The van der Waals surface area contributed by atoms with E-state index in [4.69, 9.17) is 18.9 Å². The van der Waals surface area contributed by atoms with Crippen LogP contribution in [0.2, 0.25) is 0 Å². The maximum Gasteiger partial charge on any atom is 0.383 e. The standard InChI is InChI=1S/C25H28NO7/c1-14(27)26(2)13-16-8-7-15-11-21(30-3)23(31-4)24(32-5)22(15)17-9-10-18(25(29)33-6)20(28)12-19(16)17/h9-13,16H,7-8H2,1-6H3/q+1/b26-13-. The first kappa shape index (κ1) is 24.0. The van der Waals surface area contributed by atoms with Crippen LogP contribution in [0.3, 0.4) is 0 Å². The molecule has 8 nitrogen and oxygen atoms in total. The summed E-state index contributed by atoms with van der Waals surface area (Å²) in [6, 6.07) is 6.52. The molecule has 174 valence electrons. The van der Waals surface area contributed by atoms with Gasteiger partial charge in [0.05, 0.1) is 41.3 Å². The lowest BCUT2D eigenvalue weighted by molar-refractivity contribution is -0.413. The number of carbonyl (C=O) groups excluding carboxylic acids is 2. The van der Waals surface area contributed by atoms with E-state index in [9.17, 15) is 14.4 Å². The number of aryl methyl sites for hydroxylation is 1. The fraction of sp³-hybridized carbons (Fsp3) is 0.360. The summed E-state index contributed by atoms with van der Waals surface area (Å²) in [6.45, 7) is 1.47. The number of amides is 1. The van der Waals surface area contributed by atoms with Crippen molar-refractivity contribution in [2.75, 3.05) is 35.5 Å². The number of ether oxygens (including phenoxy) is 4. The molecule has 0 aromatic heterocycles. The van der Waals surface area contributed by atoms with Crippen LogP contribution in [-0.2, 0) is 16.0 Å². The minimum Gasteiger partial charge on any atom is -0.493 e. The highest BCUT2D eigenvalue weighted by Crippen LogP contribution is 2.50. The second-order valence-corrected chi connectivity index (χ2v) is 7.72. The van der Waals surface area contributed by atoms with Gasteiger partial charge in [-0.05, 0) is 47.7 Å². The molecule has 1 atom stereocenters. The van der Waals surface area contributed by atoms with Crippen molar-refractivity contribution < 1.29 is 33.1 Å². The zero-order valence-corrected chi connectivity index (χ0v) is 19.7. The normalized spacial score (nSPS) is 15.0. The summed E-state index contributed by atoms with van der Waals surface area (Å²) in [4.78, 5) is 37.1. The average Bonchev–Trinajstić information content (AvgIpc) is 3.06. The van der Waals surface area contributed by atoms with E-state index in [1.807, 2.05) is 6.07 Å². The highest BCUT2D eigenvalue weighted by Gasteiger charge is 2.30. The summed E-state index contributed by atoms with van der Waals surface area (Å²) >= 11 is 0. The smallest absolute Gasteiger partial charge is 0.383 e. The van der Waals surface area contributed by atoms with E-state index in [1.54, 1.807) is 26.4 Å². The van der Waals surface area contributed by atoms with E-state index in [0.717, 1.165) is 11.1 Å². The minimum atomic E-state index is -0.717. The van der Waals surface area contributed by atoms with Crippen molar-refractivity contribution in [3.63, 3.8) is 0 Å². The van der Waals surface area contributed by atoms with Gasteiger partial charge in [-0.25, -0.2) is 9.59 Å². The molecule has 3 rings (SSSR count). The summed E-state index contributed by atoms with van der Waals surface area (Å²) < 4.78 is 23.2. The van der Waals surface area contributed by atoms with Crippen molar-refractivity contribution in [1.82, 2.24) is 0 Å². The number of esters is 1. The van der Waals surface area contributed by atoms with E-state index in [-0.39, 0.29) is 17.4 Å². The highest BCUT2D eigenvalue weighted by molar-refractivity contribution is 5.91. The number of benzene rings is 1. The van der Waals surface area contributed by atoms with Crippen LogP contribution >= 0.6 is 0 Å². The SMILES string of the molecule is COC(=O)c1ccc2c(cc1=O)C(/C=[N+](/C)C(C)=O)CCc1cc(OC)c(OC)c(OC)c1-2. The molecule has 0 bridgehead atoms. The van der Waals surface area contributed by atoms with Gasteiger partial charge in [0.25, 0.3) is 0 Å². The summed E-state index contributed by atoms with van der Waals surface area (Å²) in [5.74, 6) is 0.303. The number of carbonyl (C=O) groups is 2. The number of methoxy groups -OCH3 is 4. The topological polar surface area (TPSA) is 91.1 Å². The first-order chi connectivity index (χ1) is 15.8. The largest absolute Gasteiger partial charge is 0.493 e. The Bertz CT molecular complexity index is 1200. The van der Waals surface area contributed by atoms with E-state index >= 15 is 0 Å². The summed E-state index contributed by atoms with van der Waals surface area (Å²) in [6.07, 6.45) is 3.05. The fourth-order valence-corrected chi connectivity index (χ4v) is 4.15. The third kappa shape index (κ3) is 4.46. The molecule has 2 aromatic rings. The van der Waals surface area contributed by atoms with Crippen LogP contribution in [0.25, 0.3) is 11.1 Å². The van der Waals surface area contributed by atoms with Crippen LogP contribution in [0.15, 0.2) is 29.1 Å². The predicted molar refractivity (Wildman–Crippen MR) is 123 cm³/mol. The Morgan fingerprint density at radius 1 is 1.03 bits per heavy atom. The molecule has 1 aliphatic rings. The minimum absolute atomic E-state index is 0.0785.